The van der Waals surface area contributed by atoms with Gasteiger partial charge in [-0.3, -0.25) is 9.48 Å². The van der Waals surface area contributed by atoms with Crippen LogP contribution < -0.4 is 11.1 Å². The first-order chi connectivity index (χ1) is 14.1. The van der Waals surface area contributed by atoms with Crippen LogP contribution in [0.1, 0.15) is 41.4 Å². The summed E-state index contributed by atoms with van der Waals surface area (Å²) in [7, 11) is 3.94. The van der Waals surface area contributed by atoms with Crippen LogP contribution in [0.15, 0.2) is 24.5 Å². The topological polar surface area (TPSA) is 113 Å². The van der Waals surface area contributed by atoms with Gasteiger partial charge in [0.1, 0.15) is 11.3 Å². The highest BCUT2D eigenvalue weighted by atomic mass is 19.4. The zero-order valence-corrected chi connectivity index (χ0v) is 16.5. The van der Waals surface area contributed by atoms with Crippen molar-refractivity contribution >= 4 is 17.4 Å². The fraction of sp³-hybridized carbons (Fsp3) is 0.474. The molecular weight excluding hydrogens is 399 g/mol. The Morgan fingerprint density at radius 2 is 2.10 bits per heavy atom. The fourth-order valence-corrected chi connectivity index (χ4v) is 3.66. The van der Waals surface area contributed by atoms with Crippen LogP contribution in [0.2, 0.25) is 0 Å². The molecule has 0 aromatic carbocycles. The van der Waals surface area contributed by atoms with Gasteiger partial charge in [0.2, 0.25) is 0 Å². The number of nitrogens with one attached hydrogen (secondary N) is 1. The van der Waals surface area contributed by atoms with E-state index in [2.05, 4.69) is 26.4 Å². The number of halogens is 3. The van der Waals surface area contributed by atoms with Crippen molar-refractivity contribution in [1.29, 1.82) is 5.26 Å². The number of nitrogens with zero attached hydrogens (tertiary/aromatic N) is 5. The van der Waals surface area contributed by atoms with Crippen molar-refractivity contribution in [3.63, 3.8) is 0 Å². The van der Waals surface area contributed by atoms with Gasteiger partial charge < -0.3 is 16.0 Å². The minimum absolute atomic E-state index is 0.0846. The molecule has 2 heterocycles. The number of nitrogens with two attached hydrogens (primary N) is 1. The molecule has 3 N–H and O–H groups in total. The summed E-state index contributed by atoms with van der Waals surface area (Å²) in [6.45, 7) is 0. The van der Waals surface area contributed by atoms with E-state index in [4.69, 9.17) is 5.73 Å². The molecular formula is C19H22F3N7O. The van der Waals surface area contributed by atoms with Crippen LogP contribution in [0.4, 0.5) is 24.7 Å². The Labute approximate surface area is 171 Å². The Morgan fingerprint density at radius 1 is 1.37 bits per heavy atom. The number of amides is 1. The third-order valence-electron chi connectivity index (χ3n) is 5.34. The average molecular weight is 421 g/mol. The van der Waals surface area contributed by atoms with Gasteiger partial charge in [0.15, 0.2) is 5.82 Å². The van der Waals surface area contributed by atoms with Crippen molar-refractivity contribution in [2.75, 3.05) is 19.4 Å². The number of carbonyl (C=O) groups excluding carboxylic acids is 1. The summed E-state index contributed by atoms with van der Waals surface area (Å²) in [4.78, 5) is 17.3. The molecule has 1 amide bonds. The fourth-order valence-electron chi connectivity index (χ4n) is 3.66. The van der Waals surface area contributed by atoms with Gasteiger partial charge in [-0.05, 0) is 45.5 Å². The van der Waals surface area contributed by atoms with Crippen molar-refractivity contribution in [2.24, 2.45) is 11.7 Å². The van der Waals surface area contributed by atoms with Crippen molar-refractivity contribution in [2.45, 2.75) is 37.5 Å². The van der Waals surface area contributed by atoms with Crippen LogP contribution >= 0.6 is 0 Å². The van der Waals surface area contributed by atoms with Crippen molar-refractivity contribution in [3.05, 3.63) is 35.8 Å². The Morgan fingerprint density at radius 3 is 2.63 bits per heavy atom. The van der Waals surface area contributed by atoms with E-state index < -0.39 is 17.8 Å². The molecule has 1 saturated carbocycles. The first-order valence-corrected chi connectivity index (χ1v) is 9.35. The highest BCUT2D eigenvalue weighted by molar-refractivity contribution is 5.98. The predicted molar refractivity (Wildman–Crippen MR) is 103 cm³/mol. The lowest BCUT2D eigenvalue weighted by Crippen LogP contribution is -2.37. The van der Waals surface area contributed by atoms with Crippen LogP contribution in [-0.4, -0.2) is 45.7 Å². The van der Waals surface area contributed by atoms with Crippen molar-refractivity contribution in [3.8, 4) is 6.07 Å². The van der Waals surface area contributed by atoms with E-state index in [1.165, 1.54) is 12.3 Å². The number of rotatable bonds is 5. The molecule has 160 valence electrons. The largest absolute Gasteiger partial charge is 0.433 e. The number of nitriles is 1. The number of carbonyl (C=O) groups is 1. The molecule has 0 unspecified atom stereocenters. The van der Waals surface area contributed by atoms with E-state index in [1.807, 2.05) is 14.1 Å². The second kappa shape index (κ2) is 8.31. The van der Waals surface area contributed by atoms with E-state index in [1.54, 1.807) is 4.68 Å². The molecule has 30 heavy (non-hydrogen) atoms. The molecule has 1 aliphatic carbocycles. The molecule has 2 aromatic heterocycles. The van der Waals surface area contributed by atoms with E-state index in [-0.39, 0.29) is 35.1 Å². The number of anilines is 2. The van der Waals surface area contributed by atoms with Crippen LogP contribution in [0, 0.1) is 17.2 Å². The maximum absolute atomic E-state index is 12.7. The Hall–Kier alpha value is -3.13. The first kappa shape index (κ1) is 21.6. The maximum atomic E-state index is 12.7. The number of hydrogen-bond acceptors (Lipinski definition) is 6. The van der Waals surface area contributed by atoms with Gasteiger partial charge in [-0.2, -0.15) is 23.5 Å². The summed E-state index contributed by atoms with van der Waals surface area (Å²) in [6, 6.07) is 4.40. The molecule has 3 atom stereocenters. The minimum Gasteiger partial charge on any atom is -0.365 e. The highest BCUT2D eigenvalue weighted by Crippen LogP contribution is 2.36. The summed E-state index contributed by atoms with van der Waals surface area (Å²) in [6.07, 6.45) is 0.178. The van der Waals surface area contributed by atoms with Gasteiger partial charge in [-0.1, -0.05) is 0 Å². The van der Waals surface area contributed by atoms with Crippen LogP contribution in [-0.2, 0) is 6.18 Å². The zero-order chi connectivity index (χ0) is 22.1. The molecule has 0 aliphatic heterocycles. The number of alkyl halides is 3. The lowest BCUT2D eigenvalue weighted by molar-refractivity contribution is -0.141. The molecule has 0 saturated heterocycles. The van der Waals surface area contributed by atoms with Gasteiger partial charge in [0.25, 0.3) is 5.91 Å². The lowest BCUT2D eigenvalue weighted by atomic mass is 9.82. The average Bonchev–Trinajstić information content (AvgIpc) is 3.11. The molecule has 0 spiro atoms. The van der Waals surface area contributed by atoms with E-state index in [0.717, 1.165) is 18.7 Å². The third-order valence-corrected chi connectivity index (χ3v) is 5.34. The Balaban J connectivity index is 1.85. The molecule has 3 rings (SSSR count). The minimum atomic E-state index is -4.55. The highest BCUT2D eigenvalue weighted by Gasteiger charge is 2.34. The predicted octanol–water partition coefficient (Wildman–Crippen LogP) is 2.93. The molecule has 1 aliphatic rings. The number of primary amides is 1. The van der Waals surface area contributed by atoms with E-state index in [0.29, 0.717) is 12.8 Å². The second-order valence-corrected chi connectivity index (χ2v) is 7.52. The van der Waals surface area contributed by atoms with Gasteiger partial charge in [0, 0.05) is 12.2 Å². The number of hydrogen-bond donors (Lipinski definition) is 2. The smallest absolute Gasteiger partial charge is 0.365 e. The molecule has 11 heteroatoms. The normalized spacial score (nSPS) is 22.0. The van der Waals surface area contributed by atoms with Crippen LogP contribution in [0.3, 0.4) is 0 Å². The van der Waals surface area contributed by atoms with E-state index >= 15 is 0 Å². The molecule has 1 fully saturated rings. The van der Waals surface area contributed by atoms with Crippen molar-refractivity contribution < 1.29 is 18.0 Å². The van der Waals surface area contributed by atoms with Crippen molar-refractivity contribution in [1.82, 2.24) is 19.7 Å². The molecule has 0 bridgehead atoms. The Kier molecular flexibility index (Phi) is 5.98. The van der Waals surface area contributed by atoms with Gasteiger partial charge >= 0.3 is 6.18 Å². The molecule has 0 radical (unpaired) electrons. The Bertz CT molecular complexity index is 947. The molecule has 8 nitrogen and oxygen atoms in total. The molecule has 2 aromatic rings. The monoisotopic (exact) mass is 421 g/mol. The van der Waals surface area contributed by atoms with Gasteiger partial charge in [-0.25, -0.2) is 4.98 Å². The van der Waals surface area contributed by atoms with E-state index in [9.17, 15) is 23.2 Å². The van der Waals surface area contributed by atoms with Gasteiger partial charge in [0.05, 0.1) is 29.9 Å². The quantitative estimate of drug-likeness (QED) is 0.768. The van der Waals surface area contributed by atoms with Gasteiger partial charge in [-0.15, -0.1) is 0 Å². The second-order valence-electron chi connectivity index (χ2n) is 7.52. The zero-order valence-electron chi connectivity index (χ0n) is 16.5. The maximum Gasteiger partial charge on any atom is 0.433 e. The summed E-state index contributed by atoms with van der Waals surface area (Å²) < 4.78 is 39.6. The summed E-state index contributed by atoms with van der Waals surface area (Å²) in [5.41, 5.74) is 4.74. The first-order valence-electron chi connectivity index (χ1n) is 9.35. The SMILES string of the molecule is CN(C)[C@H]1CC[C@@H](n2cc(C(N)=O)c(Nc3ccc(C(F)(F)F)nc3)n2)[C@H](C#N)C1. The lowest BCUT2D eigenvalue weighted by Gasteiger charge is -2.35. The summed E-state index contributed by atoms with van der Waals surface area (Å²) >= 11 is 0. The van der Waals surface area contributed by atoms with Crippen LogP contribution in [0.25, 0.3) is 0 Å². The number of aromatic nitrogens is 3. The van der Waals surface area contributed by atoms with Crippen LogP contribution in [0.5, 0.6) is 0 Å². The standard InChI is InChI=1S/C19H22F3N7O/c1-28(2)13-4-5-15(11(7-13)8-23)29-10-14(17(24)30)18(27-29)26-12-3-6-16(25-9-12)19(20,21)22/h3,6,9-11,13,15H,4-5,7H2,1-2H3,(H2,24,30)(H,26,27)/t11-,13-,15+/m0/s1. The summed E-state index contributed by atoms with van der Waals surface area (Å²) in [5.74, 6) is -0.929. The summed E-state index contributed by atoms with van der Waals surface area (Å²) in [5, 5.41) is 16.8. The number of pyridine rings is 1. The third kappa shape index (κ3) is 4.54.